The van der Waals surface area contributed by atoms with Crippen molar-refractivity contribution in [1.82, 2.24) is 14.2 Å². The molecule has 0 aliphatic carbocycles. The molecule has 0 saturated carbocycles. The first-order valence-electron chi connectivity index (χ1n) is 11.3. The molecule has 0 radical (unpaired) electrons. The van der Waals surface area contributed by atoms with E-state index in [0.29, 0.717) is 25.2 Å². The van der Waals surface area contributed by atoms with E-state index in [1.165, 1.54) is 0 Å². The van der Waals surface area contributed by atoms with Crippen molar-refractivity contribution < 1.29 is 13.2 Å². The van der Waals surface area contributed by atoms with Gasteiger partial charge in [-0.3, -0.25) is 4.79 Å². The summed E-state index contributed by atoms with van der Waals surface area (Å²) in [5, 5.41) is 0.955. The molecule has 2 aromatic carbocycles. The number of fused-ring (bicyclic) bond motifs is 1. The van der Waals surface area contributed by atoms with Crippen LogP contribution in [0.15, 0.2) is 53.4 Å². The van der Waals surface area contributed by atoms with Gasteiger partial charge in [0.05, 0.1) is 21.2 Å². The third-order valence-corrected chi connectivity index (χ3v) is 9.43. The third kappa shape index (κ3) is 4.07. The van der Waals surface area contributed by atoms with E-state index in [0.717, 1.165) is 53.7 Å². The van der Waals surface area contributed by atoms with Crippen molar-refractivity contribution in [1.29, 1.82) is 0 Å². The van der Waals surface area contributed by atoms with Crippen molar-refractivity contribution in [2.45, 2.75) is 49.5 Å². The van der Waals surface area contributed by atoms with Crippen LogP contribution >= 0.6 is 11.3 Å². The Balaban J connectivity index is 1.44. The number of hydrogen-bond donors (Lipinski definition) is 0. The molecule has 6 nitrogen and oxygen atoms in total. The maximum absolute atomic E-state index is 13.5. The molecule has 0 N–H and O–H groups in total. The molecule has 2 fully saturated rings. The van der Waals surface area contributed by atoms with Gasteiger partial charge in [0.25, 0.3) is 5.91 Å². The Morgan fingerprint density at radius 3 is 2.53 bits per heavy atom. The number of likely N-dealkylation sites (tertiary alicyclic amines) is 1. The number of aromatic nitrogens is 1. The van der Waals surface area contributed by atoms with E-state index in [9.17, 15) is 13.2 Å². The lowest BCUT2D eigenvalue weighted by Gasteiger charge is -2.34. The summed E-state index contributed by atoms with van der Waals surface area (Å²) in [4.78, 5) is 20.4. The SMILES string of the molecule is O=C(c1cccc(S(=O)(=O)N2CCCCC2)c1)N1CCCCC1c1nc2ccccc2s1. The largest absolute Gasteiger partial charge is 0.329 e. The molecule has 2 aliphatic heterocycles. The van der Waals surface area contributed by atoms with E-state index in [1.54, 1.807) is 39.9 Å². The number of nitrogens with zero attached hydrogens (tertiary/aromatic N) is 3. The molecule has 5 rings (SSSR count). The Morgan fingerprint density at radius 2 is 1.72 bits per heavy atom. The van der Waals surface area contributed by atoms with Gasteiger partial charge >= 0.3 is 0 Å². The van der Waals surface area contributed by atoms with Gasteiger partial charge in [0.1, 0.15) is 5.01 Å². The van der Waals surface area contributed by atoms with Gasteiger partial charge in [-0.2, -0.15) is 4.31 Å². The van der Waals surface area contributed by atoms with Crippen molar-refractivity contribution in [3.63, 3.8) is 0 Å². The summed E-state index contributed by atoms with van der Waals surface area (Å²) in [5.74, 6) is -0.121. The summed E-state index contributed by atoms with van der Waals surface area (Å²) in [6.07, 6.45) is 5.70. The lowest BCUT2D eigenvalue weighted by atomic mass is 10.0. The number of carbonyl (C=O) groups excluding carboxylic acids is 1. The number of benzene rings is 2. The normalized spacial score (nSPS) is 20.5. The highest BCUT2D eigenvalue weighted by Crippen LogP contribution is 2.36. The van der Waals surface area contributed by atoms with Crippen LogP contribution in [0.2, 0.25) is 0 Å². The summed E-state index contributed by atoms with van der Waals surface area (Å²) in [6, 6.07) is 14.5. The van der Waals surface area contributed by atoms with Gasteiger partial charge in [-0.1, -0.05) is 24.6 Å². The molecule has 32 heavy (non-hydrogen) atoms. The summed E-state index contributed by atoms with van der Waals surface area (Å²) in [7, 11) is -3.58. The Hall–Kier alpha value is -2.29. The zero-order chi connectivity index (χ0) is 22.1. The molecule has 2 saturated heterocycles. The topological polar surface area (TPSA) is 70.6 Å². The van der Waals surface area contributed by atoms with Gasteiger partial charge in [-0.05, 0) is 62.4 Å². The number of rotatable bonds is 4. The fraction of sp³-hybridized carbons (Fsp3) is 0.417. The maximum Gasteiger partial charge on any atom is 0.254 e. The number of amides is 1. The summed E-state index contributed by atoms with van der Waals surface area (Å²) >= 11 is 1.64. The van der Waals surface area contributed by atoms with E-state index >= 15 is 0 Å². The summed E-state index contributed by atoms with van der Waals surface area (Å²) in [6.45, 7) is 1.75. The Bertz CT molecular complexity index is 1200. The first kappa shape index (κ1) is 21.6. The lowest BCUT2D eigenvalue weighted by Crippen LogP contribution is -2.39. The van der Waals surface area contributed by atoms with Crippen LogP contribution in [0.5, 0.6) is 0 Å². The molecule has 168 valence electrons. The quantitative estimate of drug-likeness (QED) is 0.548. The second-order valence-electron chi connectivity index (χ2n) is 8.52. The van der Waals surface area contributed by atoms with E-state index in [4.69, 9.17) is 4.98 Å². The Kier molecular flexibility index (Phi) is 6.01. The van der Waals surface area contributed by atoms with Gasteiger partial charge in [0, 0.05) is 25.2 Å². The molecule has 1 atom stereocenters. The van der Waals surface area contributed by atoms with Gasteiger partial charge in [0.2, 0.25) is 10.0 Å². The molecule has 0 spiro atoms. The van der Waals surface area contributed by atoms with Crippen molar-refractivity contribution in [3.05, 3.63) is 59.1 Å². The Labute approximate surface area is 192 Å². The standard InChI is InChI=1S/C24H27N3O3S2/c28-24(18-9-8-10-19(17-18)32(29,30)26-14-5-1-6-15-26)27-16-7-4-12-21(27)23-25-20-11-2-3-13-22(20)31-23/h2-3,8-11,13,17,21H,1,4-7,12,14-16H2. The predicted molar refractivity (Wildman–Crippen MR) is 126 cm³/mol. The highest BCUT2D eigenvalue weighted by molar-refractivity contribution is 7.89. The molecule has 3 aromatic rings. The van der Waals surface area contributed by atoms with E-state index in [2.05, 4.69) is 6.07 Å². The molecule has 0 bridgehead atoms. The van der Waals surface area contributed by atoms with Gasteiger partial charge < -0.3 is 4.90 Å². The smallest absolute Gasteiger partial charge is 0.254 e. The van der Waals surface area contributed by atoms with Crippen molar-refractivity contribution in [3.8, 4) is 0 Å². The number of sulfonamides is 1. The number of carbonyl (C=O) groups is 1. The minimum Gasteiger partial charge on any atom is -0.329 e. The van der Waals surface area contributed by atoms with Crippen LogP contribution in [-0.4, -0.2) is 48.1 Å². The van der Waals surface area contributed by atoms with Gasteiger partial charge in [-0.25, -0.2) is 13.4 Å². The molecule has 8 heteroatoms. The van der Waals surface area contributed by atoms with Gasteiger partial charge in [-0.15, -0.1) is 11.3 Å². The van der Waals surface area contributed by atoms with Crippen molar-refractivity contribution in [2.24, 2.45) is 0 Å². The van der Waals surface area contributed by atoms with Crippen LogP contribution < -0.4 is 0 Å². The maximum atomic E-state index is 13.5. The highest BCUT2D eigenvalue weighted by atomic mass is 32.2. The molecule has 3 heterocycles. The number of thiazole rings is 1. The Morgan fingerprint density at radius 1 is 0.938 bits per heavy atom. The molecule has 1 amide bonds. The van der Waals surface area contributed by atoms with Crippen LogP contribution in [-0.2, 0) is 10.0 Å². The minimum absolute atomic E-state index is 0.0731. The molecule has 1 unspecified atom stereocenters. The first-order valence-corrected chi connectivity index (χ1v) is 13.6. The van der Waals surface area contributed by atoms with Crippen LogP contribution in [0, 0.1) is 0 Å². The predicted octanol–water partition coefficient (Wildman–Crippen LogP) is 4.84. The van der Waals surface area contributed by atoms with Gasteiger partial charge in [0.15, 0.2) is 0 Å². The van der Waals surface area contributed by atoms with Crippen molar-refractivity contribution in [2.75, 3.05) is 19.6 Å². The second-order valence-corrected chi connectivity index (χ2v) is 11.5. The second kappa shape index (κ2) is 8.92. The highest BCUT2D eigenvalue weighted by Gasteiger charge is 2.32. The van der Waals surface area contributed by atoms with E-state index in [-0.39, 0.29) is 16.8 Å². The van der Waals surface area contributed by atoms with Crippen LogP contribution in [0.1, 0.15) is 59.9 Å². The third-order valence-electron chi connectivity index (χ3n) is 6.39. The van der Waals surface area contributed by atoms with E-state index < -0.39 is 10.0 Å². The summed E-state index contributed by atoms with van der Waals surface area (Å²) in [5.41, 5.74) is 1.39. The molecular weight excluding hydrogens is 442 g/mol. The minimum atomic E-state index is -3.58. The number of hydrogen-bond acceptors (Lipinski definition) is 5. The zero-order valence-electron chi connectivity index (χ0n) is 17.9. The van der Waals surface area contributed by atoms with Crippen LogP contribution in [0.4, 0.5) is 0 Å². The molecular formula is C24H27N3O3S2. The average molecular weight is 470 g/mol. The zero-order valence-corrected chi connectivity index (χ0v) is 19.6. The average Bonchev–Trinajstić information content (AvgIpc) is 3.28. The fourth-order valence-electron chi connectivity index (χ4n) is 4.67. The van der Waals surface area contributed by atoms with Crippen LogP contribution in [0.3, 0.4) is 0 Å². The molecule has 1 aromatic heterocycles. The van der Waals surface area contributed by atoms with E-state index in [1.807, 2.05) is 23.1 Å². The number of piperidine rings is 2. The summed E-state index contributed by atoms with van der Waals surface area (Å²) < 4.78 is 28.9. The number of para-hydroxylation sites is 1. The first-order chi connectivity index (χ1) is 15.5. The lowest BCUT2D eigenvalue weighted by molar-refractivity contribution is 0.0611. The monoisotopic (exact) mass is 469 g/mol. The van der Waals surface area contributed by atoms with Crippen LogP contribution in [0.25, 0.3) is 10.2 Å². The van der Waals surface area contributed by atoms with Crippen molar-refractivity contribution >= 4 is 37.5 Å². The fourth-order valence-corrected chi connectivity index (χ4v) is 7.35. The molecule has 2 aliphatic rings.